The molecule has 0 unspecified atom stereocenters. The van der Waals surface area contributed by atoms with Crippen LogP contribution in [0.5, 0.6) is 0 Å². The second-order valence-corrected chi connectivity index (χ2v) is 3.73. The third-order valence-electron chi connectivity index (χ3n) is 2.53. The summed E-state index contributed by atoms with van der Waals surface area (Å²) in [5, 5.41) is 0. The van der Waals surface area contributed by atoms with Gasteiger partial charge in [0.05, 0.1) is 6.54 Å². The van der Waals surface area contributed by atoms with Gasteiger partial charge in [0.25, 0.3) is 0 Å². The summed E-state index contributed by atoms with van der Waals surface area (Å²) in [4.78, 5) is 13.7. The lowest BCUT2D eigenvalue weighted by molar-refractivity contribution is 0.562. The molecule has 0 radical (unpaired) electrons. The van der Waals surface area contributed by atoms with Crippen molar-refractivity contribution in [3.63, 3.8) is 0 Å². The number of rotatable bonds is 3. The van der Waals surface area contributed by atoms with Gasteiger partial charge in [0.1, 0.15) is 0 Å². The van der Waals surface area contributed by atoms with E-state index in [1.165, 1.54) is 11.1 Å². The third-order valence-corrected chi connectivity index (χ3v) is 2.53. The molecule has 2 heteroatoms. The van der Waals surface area contributed by atoms with Gasteiger partial charge in [-0.2, -0.15) is 0 Å². The minimum atomic E-state index is 0.399. The zero-order chi connectivity index (χ0) is 11.4. The predicted molar refractivity (Wildman–Crippen MR) is 62.4 cm³/mol. The fourth-order valence-corrected chi connectivity index (χ4v) is 1.84. The van der Waals surface area contributed by atoms with Crippen molar-refractivity contribution in [2.75, 3.05) is 0 Å². The van der Waals surface area contributed by atoms with Crippen molar-refractivity contribution >= 4 is 11.7 Å². The summed E-state index contributed by atoms with van der Waals surface area (Å²) in [5.74, 6) is 0. The normalized spacial score (nSPS) is 9.53. The lowest BCUT2D eigenvalue weighted by Crippen LogP contribution is -1.96. The van der Waals surface area contributed by atoms with Crippen LogP contribution in [0.2, 0.25) is 0 Å². The van der Waals surface area contributed by atoms with Crippen LogP contribution in [0.4, 0.5) is 0 Å². The first-order valence-electron chi connectivity index (χ1n) is 4.86. The number of hydrogen-bond donors (Lipinski definition) is 0. The van der Waals surface area contributed by atoms with Gasteiger partial charge in [0.2, 0.25) is 6.08 Å². The Kier molecular flexibility index (Phi) is 3.59. The number of allylic oxidation sites excluding steroid dienone is 1. The van der Waals surface area contributed by atoms with E-state index < -0.39 is 0 Å². The van der Waals surface area contributed by atoms with Gasteiger partial charge >= 0.3 is 0 Å². The summed E-state index contributed by atoms with van der Waals surface area (Å²) in [5.41, 5.74) is 5.64. The van der Waals surface area contributed by atoms with Crippen LogP contribution in [0.1, 0.15) is 29.2 Å². The van der Waals surface area contributed by atoms with Crippen LogP contribution in [0.3, 0.4) is 0 Å². The first kappa shape index (κ1) is 11.4. The smallest absolute Gasteiger partial charge is 0.211 e. The number of isocyanates is 1. The molecule has 0 amide bonds. The number of carbonyl (C=O) groups excluding carboxylic acids is 1. The molecule has 0 aliphatic heterocycles. The Bertz CT molecular complexity index is 440. The minimum Gasteiger partial charge on any atom is -0.211 e. The maximum absolute atomic E-state index is 10.1. The zero-order valence-electron chi connectivity index (χ0n) is 9.42. The molecule has 15 heavy (non-hydrogen) atoms. The van der Waals surface area contributed by atoms with Crippen molar-refractivity contribution in [2.45, 2.75) is 27.3 Å². The second-order valence-electron chi connectivity index (χ2n) is 3.73. The van der Waals surface area contributed by atoms with Crippen molar-refractivity contribution in [3.8, 4) is 0 Å². The number of hydrogen-bond acceptors (Lipinski definition) is 2. The van der Waals surface area contributed by atoms with Gasteiger partial charge in [0, 0.05) is 0 Å². The second kappa shape index (κ2) is 4.72. The average Bonchev–Trinajstić information content (AvgIpc) is 2.16. The van der Waals surface area contributed by atoms with Crippen LogP contribution in [0.25, 0.3) is 5.57 Å². The molecule has 0 N–H and O–H groups in total. The molecule has 0 saturated carbocycles. The molecule has 0 spiro atoms. The molecule has 2 nitrogen and oxygen atoms in total. The van der Waals surface area contributed by atoms with Crippen LogP contribution in [0, 0.1) is 13.8 Å². The number of benzene rings is 1. The molecule has 0 saturated heterocycles. The van der Waals surface area contributed by atoms with E-state index in [9.17, 15) is 4.79 Å². The van der Waals surface area contributed by atoms with Crippen LogP contribution < -0.4 is 0 Å². The maximum atomic E-state index is 10.1. The van der Waals surface area contributed by atoms with Gasteiger partial charge in [-0.3, -0.25) is 0 Å². The molecule has 0 heterocycles. The molecule has 1 rings (SSSR count). The molecule has 0 aromatic heterocycles. The van der Waals surface area contributed by atoms with E-state index in [1.807, 2.05) is 26.0 Å². The molecule has 0 aliphatic carbocycles. The van der Waals surface area contributed by atoms with Gasteiger partial charge in [-0.05, 0) is 43.0 Å². The Morgan fingerprint density at radius 3 is 2.67 bits per heavy atom. The number of aliphatic imine (C=N–C) groups is 1. The molecule has 0 atom stereocenters. The van der Waals surface area contributed by atoms with E-state index in [0.717, 1.165) is 16.7 Å². The first-order valence-corrected chi connectivity index (χ1v) is 4.86. The van der Waals surface area contributed by atoms with Crippen molar-refractivity contribution in [3.05, 3.63) is 41.0 Å². The number of aryl methyl sites for hydroxylation is 1. The highest BCUT2D eigenvalue weighted by Gasteiger charge is 2.07. The predicted octanol–water partition coefficient (Wildman–Crippen LogP) is 3.17. The van der Waals surface area contributed by atoms with Gasteiger partial charge in [-0.25, -0.2) is 9.79 Å². The zero-order valence-corrected chi connectivity index (χ0v) is 9.42. The van der Waals surface area contributed by atoms with Gasteiger partial charge in [0.15, 0.2) is 0 Å². The maximum Gasteiger partial charge on any atom is 0.235 e. The van der Waals surface area contributed by atoms with Crippen LogP contribution >= 0.6 is 0 Å². The van der Waals surface area contributed by atoms with Crippen LogP contribution in [-0.4, -0.2) is 6.08 Å². The average molecular weight is 201 g/mol. The third kappa shape index (κ3) is 2.42. The van der Waals surface area contributed by atoms with Crippen molar-refractivity contribution in [1.82, 2.24) is 0 Å². The fraction of sp³-hybridized carbons (Fsp3) is 0.308. The molecule has 1 aromatic rings. The topological polar surface area (TPSA) is 29.4 Å². The van der Waals surface area contributed by atoms with E-state index in [4.69, 9.17) is 0 Å². The van der Waals surface area contributed by atoms with E-state index in [1.54, 1.807) is 6.08 Å². The monoisotopic (exact) mass is 201 g/mol. The summed E-state index contributed by atoms with van der Waals surface area (Å²) in [6, 6.07) is 4.03. The summed E-state index contributed by atoms with van der Waals surface area (Å²) >= 11 is 0. The lowest BCUT2D eigenvalue weighted by atomic mass is 9.93. The van der Waals surface area contributed by atoms with Crippen LogP contribution in [-0.2, 0) is 11.3 Å². The van der Waals surface area contributed by atoms with Gasteiger partial charge in [-0.1, -0.05) is 24.3 Å². The van der Waals surface area contributed by atoms with Crippen LogP contribution in [0.15, 0.2) is 23.7 Å². The summed E-state index contributed by atoms with van der Waals surface area (Å²) in [6.45, 7) is 10.4. The summed E-state index contributed by atoms with van der Waals surface area (Å²) in [6.07, 6.45) is 1.56. The quantitative estimate of drug-likeness (QED) is 0.545. The summed E-state index contributed by atoms with van der Waals surface area (Å²) < 4.78 is 0. The Balaban J connectivity index is 3.27. The van der Waals surface area contributed by atoms with E-state index in [-0.39, 0.29) is 0 Å². The summed E-state index contributed by atoms with van der Waals surface area (Å²) in [7, 11) is 0. The molecule has 0 bridgehead atoms. The SMILES string of the molecule is C=C(C)c1c(C)ccc(CN=C=O)c1C. The van der Waals surface area contributed by atoms with E-state index in [0.29, 0.717) is 6.54 Å². The Hall–Kier alpha value is -1.66. The number of nitrogens with zero attached hydrogens (tertiary/aromatic N) is 1. The van der Waals surface area contributed by atoms with E-state index >= 15 is 0 Å². The highest BCUT2D eigenvalue weighted by atomic mass is 16.1. The largest absolute Gasteiger partial charge is 0.235 e. The van der Waals surface area contributed by atoms with E-state index in [2.05, 4.69) is 18.5 Å². The Morgan fingerprint density at radius 2 is 2.13 bits per heavy atom. The highest BCUT2D eigenvalue weighted by molar-refractivity contribution is 5.68. The Morgan fingerprint density at radius 1 is 1.47 bits per heavy atom. The lowest BCUT2D eigenvalue weighted by Gasteiger charge is -2.12. The fourth-order valence-electron chi connectivity index (χ4n) is 1.84. The molecular formula is C13H15NO. The molecule has 78 valence electrons. The van der Waals surface area contributed by atoms with Crippen molar-refractivity contribution in [1.29, 1.82) is 0 Å². The Labute approximate surface area is 90.4 Å². The molecule has 0 aliphatic rings. The van der Waals surface area contributed by atoms with Gasteiger partial charge in [-0.15, -0.1) is 0 Å². The molecule has 0 fully saturated rings. The van der Waals surface area contributed by atoms with Gasteiger partial charge < -0.3 is 0 Å². The highest BCUT2D eigenvalue weighted by Crippen LogP contribution is 2.24. The van der Waals surface area contributed by atoms with Crippen molar-refractivity contribution < 1.29 is 4.79 Å². The minimum absolute atomic E-state index is 0.399. The first-order chi connectivity index (χ1) is 7.07. The van der Waals surface area contributed by atoms with Crippen molar-refractivity contribution in [2.24, 2.45) is 4.99 Å². The molecule has 1 aromatic carbocycles. The molecular weight excluding hydrogens is 186 g/mol. The standard InChI is InChI=1S/C13H15NO/c1-9(2)13-10(3)5-6-12(11(13)4)7-14-8-15/h5-6H,1,7H2,2-4H3.